The fraction of sp³-hybridized carbons (Fsp3) is 0.684. The van der Waals surface area contributed by atoms with Crippen molar-refractivity contribution in [3.05, 3.63) is 29.1 Å². The molecule has 1 heterocycles. The van der Waals surface area contributed by atoms with Crippen LogP contribution in [0.4, 0.5) is 0 Å². The lowest BCUT2D eigenvalue weighted by atomic mass is 9.76. The number of aldehydes is 1. The van der Waals surface area contributed by atoms with Crippen LogP contribution in [-0.4, -0.2) is 11.3 Å². The van der Waals surface area contributed by atoms with Crippen molar-refractivity contribution in [2.24, 2.45) is 11.8 Å². The summed E-state index contributed by atoms with van der Waals surface area (Å²) in [4.78, 5) is 16.4. The second-order valence-corrected chi connectivity index (χ2v) is 6.92. The van der Waals surface area contributed by atoms with E-state index < -0.39 is 0 Å². The molecule has 21 heavy (non-hydrogen) atoms. The van der Waals surface area contributed by atoms with Crippen molar-refractivity contribution in [3.8, 4) is 0 Å². The van der Waals surface area contributed by atoms with Gasteiger partial charge in [-0.15, -0.1) is 0 Å². The number of rotatable bonds is 4. The molecule has 0 radical (unpaired) electrons. The van der Waals surface area contributed by atoms with Crippen molar-refractivity contribution in [2.45, 2.75) is 70.6 Å². The van der Waals surface area contributed by atoms with E-state index in [-0.39, 0.29) is 5.92 Å². The third-order valence-corrected chi connectivity index (χ3v) is 5.58. The molecule has 0 amide bonds. The zero-order valence-electron chi connectivity index (χ0n) is 13.2. The lowest BCUT2D eigenvalue weighted by molar-refractivity contribution is -0.110. The molecule has 0 aromatic carbocycles. The molecule has 2 heteroatoms. The first-order chi connectivity index (χ1) is 10.3. The standard InChI is InChI=1S/C19H27NO/c1-2-15-8-11-19-17(18(15)13-21)10-9-16(20-19)12-14-6-4-3-5-7-14/h9-10,13-15,18H,2-8,11-12H2,1H3. The second-order valence-electron chi connectivity index (χ2n) is 6.92. The van der Waals surface area contributed by atoms with E-state index in [4.69, 9.17) is 4.98 Å². The summed E-state index contributed by atoms with van der Waals surface area (Å²) in [5, 5.41) is 0. The molecule has 1 saturated carbocycles. The van der Waals surface area contributed by atoms with Crippen molar-refractivity contribution >= 4 is 6.29 Å². The van der Waals surface area contributed by atoms with Gasteiger partial charge in [0.1, 0.15) is 6.29 Å². The highest BCUT2D eigenvalue weighted by molar-refractivity contribution is 5.64. The molecule has 114 valence electrons. The fourth-order valence-corrected chi connectivity index (χ4v) is 4.26. The fourth-order valence-electron chi connectivity index (χ4n) is 4.26. The van der Waals surface area contributed by atoms with Crippen LogP contribution in [0.2, 0.25) is 0 Å². The SMILES string of the molecule is CCC1CCc2nc(CC3CCCCC3)ccc2C1C=O. The third-order valence-electron chi connectivity index (χ3n) is 5.58. The number of fused-ring (bicyclic) bond motifs is 1. The average Bonchev–Trinajstić information content (AvgIpc) is 2.54. The van der Waals surface area contributed by atoms with Gasteiger partial charge in [0.05, 0.1) is 0 Å². The number of hydrogen-bond acceptors (Lipinski definition) is 2. The predicted octanol–water partition coefficient (Wildman–Crippen LogP) is 4.46. The number of aromatic nitrogens is 1. The maximum atomic E-state index is 11.5. The van der Waals surface area contributed by atoms with Crippen LogP contribution in [0.15, 0.2) is 12.1 Å². The summed E-state index contributed by atoms with van der Waals surface area (Å²) in [6.07, 6.45) is 12.5. The molecule has 0 bridgehead atoms. The molecule has 2 unspecified atom stereocenters. The Bertz CT molecular complexity index is 490. The summed E-state index contributed by atoms with van der Waals surface area (Å²) in [5.41, 5.74) is 3.65. The zero-order valence-corrected chi connectivity index (χ0v) is 13.2. The van der Waals surface area contributed by atoms with E-state index in [0.717, 1.165) is 37.9 Å². The first-order valence-electron chi connectivity index (χ1n) is 8.75. The van der Waals surface area contributed by atoms with Gasteiger partial charge < -0.3 is 4.79 Å². The summed E-state index contributed by atoms with van der Waals surface area (Å²) in [7, 11) is 0. The van der Waals surface area contributed by atoms with E-state index in [1.807, 2.05) is 0 Å². The molecule has 0 N–H and O–H groups in total. The Balaban J connectivity index is 1.76. The Hall–Kier alpha value is -1.18. The zero-order chi connectivity index (χ0) is 14.7. The molecule has 2 atom stereocenters. The number of hydrogen-bond donors (Lipinski definition) is 0. The van der Waals surface area contributed by atoms with Gasteiger partial charge in [-0.2, -0.15) is 0 Å². The lowest BCUT2D eigenvalue weighted by Gasteiger charge is -2.29. The maximum absolute atomic E-state index is 11.5. The van der Waals surface area contributed by atoms with Gasteiger partial charge in [-0.3, -0.25) is 4.98 Å². The molecule has 2 aliphatic rings. The summed E-state index contributed by atoms with van der Waals surface area (Å²) in [5.74, 6) is 1.43. The van der Waals surface area contributed by atoms with Crippen molar-refractivity contribution in [1.29, 1.82) is 0 Å². The summed E-state index contributed by atoms with van der Waals surface area (Å²) >= 11 is 0. The van der Waals surface area contributed by atoms with Crippen LogP contribution in [0.3, 0.4) is 0 Å². The van der Waals surface area contributed by atoms with Gasteiger partial charge >= 0.3 is 0 Å². The van der Waals surface area contributed by atoms with Gasteiger partial charge in [0.2, 0.25) is 0 Å². The highest BCUT2D eigenvalue weighted by atomic mass is 16.1. The molecule has 1 aromatic rings. The van der Waals surface area contributed by atoms with Gasteiger partial charge in [-0.05, 0) is 42.7 Å². The quantitative estimate of drug-likeness (QED) is 0.764. The summed E-state index contributed by atoms with van der Waals surface area (Å²) < 4.78 is 0. The maximum Gasteiger partial charge on any atom is 0.127 e. The topological polar surface area (TPSA) is 30.0 Å². The van der Waals surface area contributed by atoms with Gasteiger partial charge in [0.25, 0.3) is 0 Å². The molecule has 2 nitrogen and oxygen atoms in total. The minimum absolute atomic E-state index is 0.0787. The van der Waals surface area contributed by atoms with Crippen LogP contribution < -0.4 is 0 Å². The second kappa shape index (κ2) is 6.72. The Morgan fingerprint density at radius 1 is 1.19 bits per heavy atom. The Kier molecular flexibility index (Phi) is 4.72. The number of pyridine rings is 1. The molecule has 0 saturated heterocycles. The van der Waals surface area contributed by atoms with E-state index >= 15 is 0 Å². The molecule has 1 fully saturated rings. The van der Waals surface area contributed by atoms with Crippen molar-refractivity contribution in [2.75, 3.05) is 0 Å². The van der Waals surface area contributed by atoms with Crippen LogP contribution in [0.25, 0.3) is 0 Å². The van der Waals surface area contributed by atoms with Gasteiger partial charge in [-0.1, -0.05) is 51.5 Å². The minimum Gasteiger partial charge on any atom is -0.303 e. The average molecular weight is 285 g/mol. The van der Waals surface area contributed by atoms with Crippen molar-refractivity contribution in [1.82, 2.24) is 4.98 Å². The smallest absolute Gasteiger partial charge is 0.127 e. The van der Waals surface area contributed by atoms with Gasteiger partial charge in [0, 0.05) is 17.3 Å². The first kappa shape index (κ1) is 14.7. The number of aryl methyl sites for hydroxylation is 1. The van der Waals surface area contributed by atoms with Crippen LogP contribution >= 0.6 is 0 Å². The van der Waals surface area contributed by atoms with Gasteiger partial charge in [-0.25, -0.2) is 0 Å². The van der Waals surface area contributed by atoms with Crippen molar-refractivity contribution < 1.29 is 4.79 Å². The lowest BCUT2D eigenvalue weighted by Crippen LogP contribution is -2.23. The molecule has 2 aliphatic carbocycles. The highest BCUT2D eigenvalue weighted by Crippen LogP contribution is 2.36. The number of nitrogens with zero attached hydrogens (tertiary/aromatic N) is 1. The summed E-state index contributed by atoms with van der Waals surface area (Å²) in [6.45, 7) is 2.19. The Morgan fingerprint density at radius 2 is 2.00 bits per heavy atom. The van der Waals surface area contributed by atoms with Crippen LogP contribution in [0, 0.1) is 11.8 Å². The van der Waals surface area contributed by atoms with Crippen LogP contribution in [-0.2, 0) is 17.6 Å². The van der Waals surface area contributed by atoms with E-state index in [0.29, 0.717) is 5.92 Å². The molecule has 1 aromatic heterocycles. The monoisotopic (exact) mass is 285 g/mol. The van der Waals surface area contributed by atoms with E-state index in [1.165, 1.54) is 49.1 Å². The molecular formula is C19H27NO. The minimum atomic E-state index is 0.0787. The van der Waals surface area contributed by atoms with Crippen molar-refractivity contribution in [3.63, 3.8) is 0 Å². The first-order valence-corrected chi connectivity index (χ1v) is 8.75. The predicted molar refractivity (Wildman–Crippen MR) is 85.4 cm³/mol. The van der Waals surface area contributed by atoms with Gasteiger partial charge in [0.15, 0.2) is 0 Å². The number of carbonyl (C=O) groups excluding carboxylic acids is 1. The number of carbonyl (C=O) groups is 1. The normalized spacial score (nSPS) is 26.3. The molecule has 3 rings (SSSR count). The Labute approximate surface area is 128 Å². The van der Waals surface area contributed by atoms with E-state index in [1.54, 1.807) is 0 Å². The van der Waals surface area contributed by atoms with E-state index in [2.05, 4.69) is 19.1 Å². The van der Waals surface area contributed by atoms with Crippen LogP contribution in [0.5, 0.6) is 0 Å². The highest BCUT2D eigenvalue weighted by Gasteiger charge is 2.29. The summed E-state index contributed by atoms with van der Waals surface area (Å²) in [6, 6.07) is 4.38. The van der Waals surface area contributed by atoms with Crippen LogP contribution in [0.1, 0.15) is 74.7 Å². The third kappa shape index (κ3) is 3.20. The molecular weight excluding hydrogens is 258 g/mol. The molecule has 0 aliphatic heterocycles. The van der Waals surface area contributed by atoms with E-state index in [9.17, 15) is 4.79 Å². The Morgan fingerprint density at radius 3 is 2.71 bits per heavy atom. The molecule has 0 spiro atoms. The largest absolute Gasteiger partial charge is 0.303 e.